The number of carbonyl (C=O) groups excluding carboxylic acids is 2. The maximum atomic E-state index is 14.6. The van der Waals surface area contributed by atoms with Crippen LogP contribution in [0.25, 0.3) is 5.65 Å². The standard InChI is InChI=1S/C27H35FN8O3/c1-16-14-36-15-17(11-19(28)24(36)32-16)33-25(37)22-20(31-6)12-21(18(13-30-5)23(22)29)34-7-9-35(10-8-34)26(38)39-27(2,3)4/h11-15,31H,7-10,29H2,1-6H3,(H,33,37). The second-order valence-electron chi connectivity index (χ2n) is 10.4. The number of halogens is 1. The van der Waals surface area contributed by atoms with Crippen LogP contribution in [-0.2, 0) is 4.74 Å². The Balaban J connectivity index is 1.62. The maximum Gasteiger partial charge on any atom is 0.410 e. The van der Waals surface area contributed by atoms with Crippen molar-refractivity contribution in [2.45, 2.75) is 33.3 Å². The number of nitrogens with two attached hydrogens (primary N) is 1. The first-order valence-corrected chi connectivity index (χ1v) is 12.7. The van der Waals surface area contributed by atoms with Crippen LogP contribution in [0.4, 0.5) is 31.9 Å². The van der Waals surface area contributed by atoms with Gasteiger partial charge in [-0.3, -0.25) is 9.79 Å². The molecule has 39 heavy (non-hydrogen) atoms. The summed E-state index contributed by atoms with van der Waals surface area (Å²) in [6, 6.07) is 3.07. The number of ether oxygens (including phenoxy) is 1. The van der Waals surface area contributed by atoms with Crippen LogP contribution >= 0.6 is 0 Å². The molecule has 0 radical (unpaired) electrons. The summed E-state index contributed by atoms with van der Waals surface area (Å²) >= 11 is 0. The molecule has 3 aromatic rings. The molecule has 0 aliphatic carbocycles. The van der Waals surface area contributed by atoms with Crippen LogP contribution in [0.3, 0.4) is 0 Å². The molecule has 1 aliphatic heterocycles. The fraction of sp³-hybridized carbons (Fsp3) is 0.407. The van der Waals surface area contributed by atoms with Gasteiger partial charge in [0.2, 0.25) is 0 Å². The molecular weight excluding hydrogens is 503 g/mol. The summed E-state index contributed by atoms with van der Waals surface area (Å²) < 4.78 is 21.6. The van der Waals surface area contributed by atoms with E-state index in [2.05, 4.69) is 25.5 Å². The highest BCUT2D eigenvalue weighted by Gasteiger charge is 2.29. The molecule has 1 saturated heterocycles. The summed E-state index contributed by atoms with van der Waals surface area (Å²) in [7, 11) is 3.32. The van der Waals surface area contributed by atoms with Gasteiger partial charge in [-0.15, -0.1) is 0 Å². The normalized spacial score (nSPS) is 14.2. The van der Waals surface area contributed by atoms with Crippen molar-refractivity contribution in [3.8, 4) is 0 Å². The number of imidazole rings is 1. The lowest BCUT2D eigenvalue weighted by Gasteiger charge is -2.37. The molecule has 0 saturated carbocycles. The number of aryl methyl sites for hydroxylation is 1. The minimum absolute atomic E-state index is 0.179. The molecule has 0 bridgehead atoms. The van der Waals surface area contributed by atoms with Gasteiger partial charge in [0.25, 0.3) is 5.91 Å². The van der Waals surface area contributed by atoms with E-state index < -0.39 is 17.3 Å². The highest BCUT2D eigenvalue weighted by atomic mass is 19.1. The molecule has 0 spiro atoms. The Kier molecular flexibility index (Phi) is 7.66. The number of aliphatic imine (C=N–C) groups is 1. The van der Waals surface area contributed by atoms with E-state index in [1.54, 1.807) is 44.5 Å². The van der Waals surface area contributed by atoms with E-state index in [1.807, 2.05) is 26.8 Å². The Morgan fingerprint density at radius 2 is 1.87 bits per heavy atom. The molecule has 1 fully saturated rings. The van der Waals surface area contributed by atoms with Gasteiger partial charge in [0.1, 0.15) is 5.60 Å². The molecule has 4 rings (SSSR count). The van der Waals surface area contributed by atoms with Gasteiger partial charge in [-0.1, -0.05) is 0 Å². The molecule has 4 N–H and O–H groups in total. The Hall–Kier alpha value is -4.35. The first kappa shape index (κ1) is 27.7. The van der Waals surface area contributed by atoms with Crippen molar-refractivity contribution < 1.29 is 18.7 Å². The molecule has 0 atom stereocenters. The van der Waals surface area contributed by atoms with Gasteiger partial charge in [-0.25, -0.2) is 14.2 Å². The van der Waals surface area contributed by atoms with E-state index in [0.717, 1.165) is 5.69 Å². The average molecular weight is 539 g/mol. The number of nitrogen functional groups attached to an aromatic ring is 1. The topological polar surface area (TPSA) is 130 Å². The van der Waals surface area contributed by atoms with Gasteiger partial charge in [0.05, 0.1) is 28.3 Å². The van der Waals surface area contributed by atoms with E-state index in [1.165, 1.54) is 10.5 Å². The predicted octanol–water partition coefficient (Wildman–Crippen LogP) is 3.76. The summed E-state index contributed by atoms with van der Waals surface area (Å²) in [5, 5.41) is 5.82. The fourth-order valence-electron chi connectivity index (χ4n) is 4.57. The summed E-state index contributed by atoms with van der Waals surface area (Å²) in [4.78, 5) is 38.0. The van der Waals surface area contributed by atoms with Gasteiger partial charge in [-0.2, -0.15) is 0 Å². The van der Waals surface area contributed by atoms with E-state index in [9.17, 15) is 14.0 Å². The first-order valence-electron chi connectivity index (χ1n) is 12.7. The number of aromatic nitrogens is 2. The number of hydrogen-bond donors (Lipinski definition) is 3. The monoisotopic (exact) mass is 538 g/mol. The molecule has 2 aromatic heterocycles. The molecule has 2 amide bonds. The number of nitrogens with zero attached hydrogens (tertiary/aromatic N) is 5. The minimum atomic E-state index is -0.569. The van der Waals surface area contributed by atoms with Crippen molar-refractivity contribution in [1.82, 2.24) is 14.3 Å². The predicted molar refractivity (Wildman–Crippen MR) is 152 cm³/mol. The SMILES string of the molecule is CN=Cc1c(N2CCN(C(=O)OC(C)(C)C)CC2)cc(NC)c(C(=O)Nc2cc(F)c3nc(C)cn3c2)c1N. The maximum absolute atomic E-state index is 14.6. The molecule has 208 valence electrons. The fourth-order valence-corrected chi connectivity index (χ4v) is 4.57. The lowest BCUT2D eigenvalue weighted by molar-refractivity contribution is 0.0240. The average Bonchev–Trinajstić information content (AvgIpc) is 3.24. The van der Waals surface area contributed by atoms with Crippen molar-refractivity contribution in [3.63, 3.8) is 0 Å². The number of pyridine rings is 1. The minimum Gasteiger partial charge on any atom is -0.444 e. The van der Waals surface area contributed by atoms with Crippen LogP contribution in [0.15, 0.2) is 29.5 Å². The number of nitrogens with one attached hydrogen (secondary N) is 2. The third-order valence-corrected chi connectivity index (χ3v) is 6.30. The van der Waals surface area contributed by atoms with E-state index >= 15 is 0 Å². The van der Waals surface area contributed by atoms with Crippen LogP contribution in [0, 0.1) is 12.7 Å². The van der Waals surface area contributed by atoms with Gasteiger partial charge in [-0.05, 0) is 33.8 Å². The number of benzene rings is 1. The zero-order chi connectivity index (χ0) is 28.5. The smallest absolute Gasteiger partial charge is 0.410 e. The Morgan fingerprint density at radius 1 is 1.18 bits per heavy atom. The number of carbonyl (C=O) groups is 2. The third-order valence-electron chi connectivity index (χ3n) is 6.30. The molecule has 1 aliphatic rings. The number of piperazine rings is 1. The van der Waals surface area contributed by atoms with Gasteiger partial charge in [0.15, 0.2) is 11.5 Å². The summed E-state index contributed by atoms with van der Waals surface area (Å²) in [5.41, 5.74) is 9.42. The highest BCUT2D eigenvalue weighted by molar-refractivity contribution is 6.15. The number of anilines is 4. The Labute approximate surface area is 226 Å². The van der Waals surface area contributed by atoms with Gasteiger partial charge >= 0.3 is 6.09 Å². The first-order chi connectivity index (χ1) is 18.4. The van der Waals surface area contributed by atoms with Crippen molar-refractivity contribution in [2.24, 2.45) is 4.99 Å². The second-order valence-corrected chi connectivity index (χ2v) is 10.4. The van der Waals surface area contributed by atoms with E-state index in [-0.39, 0.29) is 28.7 Å². The molecule has 0 unspecified atom stereocenters. The van der Waals surface area contributed by atoms with Crippen LogP contribution in [-0.4, -0.2) is 78.4 Å². The summed E-state index contributed by atoms with van der Waals surface area (Å²) in [5.74, 6) is -1.05. The van der Waals surface area contributed by atoms with Crippen molar-refractivity contribution in [1.29, 1.82) is 0 Å². The zero-order valence-corrected chi connectivity index (χ0v) is 23.1. The van der Waals surface area contributed by atoms with Crippen LogP contribution in [0.5, 0.6) is 0 Å². The molecular formula is C27H35FN8O3. The van der Waals surface area contributed by atoms with E-state index in [4.69, 9.17) is 10.5 Å². The molecule has 3 heterocycles. The lowest BCUT2D eigenvalue weighted by Crippen LogP contribution is -2.50. The van der Waals surface area contributed by atoms with Gasteiger partial charge < -0.3 is 35.3 Å². The summed E-state index contributed by atoms with van der Waals surface area (Å²) in [6.45, 7) is 9.30. The summed E-state index contributed by atoms with van der Waals surface area (Å²) in [6.07, 6.45) is 4.54. The Bertz CT molecular complexity index is 1440. The zero-order valence-electron chi connectivity index (χ0n) is 23.1. The van der Waals surface area contributed by atoms with Crippen molar-refractivity contribution >= 4 is 46.6 Å². The van der Waals surface area contributed by atoms with Crippen LogP contribution in [0.2, 0.25) is 0 Å². The second kappa shape index (κ2) is 10.8. The van der Waals surface area contributed by atoms with Crippen LogP contribution in [0.1, 0.15) is 42.4 Å². The lowest BCUT2D eigenvalue weighted by atomic mass is 10.0. The van der Waals surface area contributed by atoms with Crippen molar-refractivity contribution in [2.75, 3.05) is 61.5 Å². The Morgan fingerprint density at radius 3 is 2.49 bits per heavy atom. The number of rotatable bonds is 5. The largest absolute Gasteiger partial charge is 0.444 e. The molecule has 1 aromatic carbocycles. The quantitative estimate of drug-likeness (QED) is 0.333. The van der Waals surface area contributed by atoms with E-state index in [0.29, 0.717) is 43.1 Å². The number of fused-ring (bicyclic) bond motifs is 1. The van der Waals surface area contributed by atoms with Crippen LogP contribution < -0.4 is 21.3 Å². The number of hydrogen-bond acceptors (Lipinski definition) is 8. The van der Waals surface area contributed by atoms with Gasteiger partial charge in [0, 0.05) is 76.2 Å². The molecule has 12 heteroatoms. The van der Waals surface area contributed by atoms with Crippen molar-refractivity contribution in [3.05, 3.63) is 47.2 Å². The third kappa shape index (κ3) is 5.89. The highest BCUT2D eigenvalue weighted by Crippen LogP contribution is 2.35. The number of amides is 2. The molecule has 11 nitrogen and oxygen atoms in total.